The fraction of sp³-hybridized carbons (Fsp3) is 0.400. The van der Waals surface area contributed by atoms with E-state index >= 15 is 0 Å². The molecule has 0 heterocycles. The van der Waals surface area contributed by atoms with Crippen molar-refractivity contribution >= 4 is 19.9 Å². The lowest BCUT2D eigenvalue weighted by Gasteiger charge is -2.27. The Morgan fingerprint density at radius 3 is 2.04 bits per heavy atom. The van der Waals surface area contributed by atoms with Crippen molar-refractivity contribution in [1.82, 2.24) is 4.72 Å². The highest BCUT2D eigenvalue weighted by Gasteiger charge is 2.28. The first kappa shape index (κ1) is 21.6. The quantitative estimate of drug-likeness (QED) is 0.718. The second-order valence-electron chi connectivity index (χ2n) is 6.79. The molecule has 0 spiro atoms. The predicted octanol–water partition coefficient (Wildman–Crippen LogP) is 3.85. The summed E-state index contributed by atoms with van der Waals surface area (Å²) in [5.74, 6) is 0.126. The smallest absolute Gasteiger partial charge is 0.224 e. The lowest BCUT2D eigenvalue weighted by Crippen LogP contribution is -2.33. The van der Waals surface area contributed by atoms with Crippen molar-refractivity contribution in [2.24, 2.45) is 5.92 Å². The molecule has 2 aromatic carbocycles. The number of nitrogens with one attached hydrogen (secondary N) is 1. The monoisotopic (exact) mass is 409 g/mol. The third kappa shape index (κ3) is 5.18. The van der Waals surface area contributed by atoms with Gasteiger partial charge in [0, 0.05) is 12.3 Å². The van der Waals surface area contributed by atoms with Crippen LogP contribution in [0.5, 0.6) is 0 Å². The van der Waals surface area contributed by atoms with E-state index in [1.165, 1.54) is 18.2 Å². The Labute approximate surface area is 162 Å². The van der Waals surface area contributed by atoms with Crippen molar-refractivity contribution in [3.05, 3.63) is 59.7 Å². The molecule has 0 aliphatic heterocycles. The lowest BCUT2D eigenvalue weighted by molar-refractivity contribution is 0.378. The summed E-state index contributed by atoms with van der Waals surface area (Å²) in [6.45, 7) is 5.73. The van der Waals surface area contributed by atoms with E-state index in [4.69, 9.17) is 0 Å². The highest BCUT2D eigenvalue weighted by molar-refractivity contribution is 7.91. The van der Waals surface area contributed by atoms with Gasteiger partial charge < -0.3 is 0 Å². The van der Waals surface area contributed by atoms with Crippen molar-refractivity contribution in [3.8, 4) is 0 Å². The molecule has 0 fully saturated rings. The van der Waals surface area contributed by atoms with E-state index < -0.39 is 19.9 Å². The van der Waals surface area contributed by atoms with Crippen molar-refractivity contribution in [2.75, 3.05) is 6.26 Å². The summed E-state index contributed by atoms with van der Waals surface area (Å²) in [4.78, 5) is -0.00965. The number of sulfone groups is 1. The van der Waals surface area contributed by atoms with Crippen LogP contribution in [-0.2, 0) is 19.9 Å². The Morgan fingerprint density at radius 2 is 1.52 bits per heavy atom. The molecule has 5 nitrogen and oxygen atoms in total. The summed E-state index contributed by atoms with van der Waals surface area (Å²) in [6.07, 6.45) is 2.71. The van der Waals surface area contributed by atoms with E-state index in [-0.39, 0.29) is 21.8 Å². The fourth-order valence-corrected chi connectivity index (χ4v) is 5.47. The average molecular weight is 410 g/mol. The van der Waals surface area contributed by atoms with Crippen LogP contribution < -0.4 is 4.72 Å². The van der Waals surface area contributed by atoms with Crippen LogP contribution >= 0.6 is 0 Å². The maximum absolute atomic E-state index is 13.1. The second kappa shape index (κ2) is 8.54. The van der Waals surface area contributed by atoms with Gasteiger partial charge in [0.1, 0.15) is 0 Å². The van der Waals surface area contributed by atoms with Crippen LogP contribution in [0.1, 0.15) is 43.9 Å². The number of benzene rings is 2. The molecule has 0 saturated heterocycles. The fourth-order valence-electron chi connectivity index (χ4n) is 3.19. The third-order valence-electron chi connectivity index (χ3n) is 4.84. The van der Waals surface area contributed by atoms with Crippen LogP contribution in [0.15, 0.2) is 58.3 Å². The van der Waals surface area contributed by atoms with Crippen molar-refractivity contribution in [2.45, 2.75) is 49.4 Å². The van der Waals surface area contributed by atoms with Crippen molar-refractivity contribution in [1.29, 1.82) is 0 Å². The number of sulfonamides is 1. The van der Waals surface area contributed by atoms with Gasteiger partial charge in [0.05, 0.1) is 9.79 Å². The molecule has 7 heteroatoms. The Hall–Kier alpha value is -1.70. The summed E-state index contributed by atoms with van der Waals surface area (Å²) in [7, 11) is -7.40. The number of rotatable bonds is 8. The maximum Gasteiger partial charge on any atom is 0.241 e. The maximum atomic E-state index is 13.1. The molecule has 148 valence electrons. The molecule has 0 amide bonds. The lowest BCUT2D eigenvalue weighted by atomic mass is 9.90. The molecular weight excluding hydrogens is 382 g/mol. The van der Waals surface area contributed by atoms with Crippen LogP contribution in [0, 0.1) is 12.8 Å². The van der Waals surface area contributed by atoms with Gasteiger partial charge in [-0.15, -0.1) is 0 Å². The molecule has 1 unspecified atom stereocenters. The first-order valence-corrected chi connectivity index (χ1v) is 12.4. The topological polar surface area (TPSA) is 80.3 Å². The highest BCUT2D eigenvalue weighted by atomic mass is 32.2. The van der Waals surface area contributed by atoms with E-state index in [1.807, 2.05) is 44.2 Å². The molecule has 2 rings (SSSR count). The molecule has 0 radical (unpaired) electrons. The third-order valence-corrected chi connectivity index (χ3v) is 7.53. The number of hydrogen-bond acceptors (Lipinski definition) is 4. The van der Waals surface area contributed by atoms with E-state index in [1.54, 1.807) is 6.92 Å². The Bertz CT molecular complexity index is 980. The standard InChI is InChI=1S/C20H27NO4S2/c1-5-16(6-2)20(17-10-8-7-9-11-17)21-27(24,25)19-14-18(26(4,22)23)13-12-15(19)3/h7-14,16,20-21H,5-6H2,1-4H3. The predicted molar refractivity (Wildman–Crippen MR) is 108 cm³/mol. The number of aryl methyl sites for hydroxylation is 1. The molecule has 2 aromatic rings. The first-order valence-electron chi connectivity index (χ1n) is 8.98. The zero-order chi connectivity index (χ0) is 20.2. The minimum atomic E-state index is -3.90. The van der Waals surface area contributed by atoms with Crippen molar-refractivity contribution < 1.29 is 16.8 Å². The molecule has 1 atom stereocenters. The van der Waals surface area contributed by atoms with Gasteiger partial charge in [0.25, 0.3) is 0 Å². The minimum Gasteiger partial charge on any atom is -0.224 e. The molecule has 1 N–H and O–H groups in total. The molecule has 27 heavy (non-hydrogen) atoms. The minimum absolute atomic E-state index is 0.00249. The molecule has 0 aliphatic rings. The van der Waals surface area contributed by atoms with Gasteiger partial charge in [-0.3, -0.25) is 0 Å². The molecule has 0 aliphatic carbocycles. The summed E-state index contributed by atoms with van der Waals surface area (Å²) in [6, 6.07) is 13.3. The van der Waals surface area contributed by atoms with Gasteiger partial charge in [-0.05, 0) is 36.1 Å². The summed E-state index contributed by atoms with van der Waals surface area (Å²) >= 11 is 0. The van der Waals surface area contributed by atoms with Gasteiger partial charge in [0.2, 0.25) is 10.0 Å². The van der Waals surface area contributed by atoms with Crippen LogP contribution in [-0.4, -0.2) is 23.1 Å². The largest absolute Gasteiger partial charge is 0.241 e. The normalized spacial score (nSPS) is 13.7. The van der Waals surface area contributed by atoms with Gasteiger partial charge in [-0.25, -0.2) is 21.6 Å². The highest BCUT2D eigenvalue weighted by Crippen LogP contribution is 2.30. The van der Waals surface area contributed by atoms with Gasteiger partial charge >= 0.3 is 0 Å². The SMILES string of the molecule is CCC(CC)C(NS(=O)(=O)c1cc(S(C)(=O)=O)ccc1C)c1ccccc1. The van der Waals surface area contributed by atoms with E-state index in [9.17, 15) is 16.8 Å². The Balaban J connectivity index is 2.51. The second-order valence-corrected chi connectivity index (χ2v) is 10.5. The zero-order valence-corrected chi connectivity index (χ0v) is 17.8. The van der Waals surface area contributed by atoms with E-state index in [2.05, 4.69) is 4.72 Å². The average Bonchev–Trinajstić information content (AvgIpc) is 2.61. The summed E-state index contributed by atoms with van der Waals surface area (Å²) in [5.41, 5.74) is 1.40. The van der Waals surface area contributed by atoms with Crippen LogP contribution in [0.2, 0.25) is 0 Å². The van der Waals surface area contributed by atoms with E-state index in [0.717, 1.165) is 24.7 Å². The summed E-state index contributed by atoms with van der Waals surface area (Å²) in [5, 5.41) is 0. The molecule has 0 aromatic heterocycles. The van der Waals surface area contributed by atoms with Gasteiger partial charge in [-0.1, -0.05) is 63.1 Å². The summed E-state index contributed by atoms with van der Waals surface area (Å²) < 4.78 is 52.8. The van der Waals surface area contributed by atoms with Crippen LogP contribution in [0.25, 0.3) is 0 Å². The van der Waals surface area contributed by atoms with E-state index in [0.29, 0.717) is 5.56 Å². The Morgan fingerprint density at radius 1 is 0.926 bits per heavy atom. The Kier molecular flexibility index (Phi) is 6.83. The van der Waals surface area contributed by atoms with Crippen LogP contribution in [0.4, 0.5) is 0 Å². The number of hydrogen-bond donors (Lipinski definition) is 1. The molecular formula is C20H27NO4S2. The van der Waals surface area contributed by atoms with Gasteiger partial charge in [-0.2, -0.15) is 0 Å². The molecule has 0 saturated carbocycles. The zero-order valence-electron chi connectivity index (χ0n) is 16.1. The first-order chi connectivity index (χ1) is 12.6. The van der Waals surface area contributed by atoms with Crippen LogP contribution in [0.3, 0.4) is 0 Å². The van der Waals surface area contributed by atoms with Crippen molar-refractivity contribution in [3.63, 3.8) is 0 Å². The molecule has 0 bridgehead atoms. The van der Waals surface area contributed by atoms with Gasteiger partial charge in [0.15, 0.2) is 9.84 Å².